The van der Waals surface area contributed by atoms with E-state index >= 15 is 0 Å². The molecular weight excluding hydrogens is 480 g/mol. The van der Waals surface area contributed by atoms with Gasteiger partial charge in [-0.15, -0.1) is 0 Å². The molecule has 8 nitrogen and oxygen atoms in total. The summed E-state index contributed by atoms with van der Waals surface area (Å²) in [6.45, 7) is 7.36. The summed E-state index contributed by atoms with van der Waals surface area (Å²) >= 11 is 0. The molecule has 0 spiro atoms. The van der Waals surface area contributed by atoms with Crippen molar-refractivity contribution in [1.29, 1.82) is 0 Å². The van der Waals surface area contributed by atoms with Crippen LogP contribution in [0.1, 0.15) is 34.7 Å². The van der Waals surface area contributed by atoms with E-state index in [0.29, 0.717) is 35.3 Å². The van der Waals surface area contributed by atoms with Gasteiger partial charge < -0.3 is 19.3 Å². The van der Waals surface area contributed by atoms with Crippen molar-refractivity contribution in [3.8, 4) is 34.0 Å². The van der Waals surface area contributed by atoms with Gasteiger partial charge in [-0.2, -0.15) is 4.98 Å². The topological polar surface area (TPSA) is 89.7 Å². The minimum absolute atomic E-state index is 0.225. The molecule has 4 aromatic rings. The summed E-state index contributed by atoms with van der Waals surface area (Å²) in [6, 6.07) is 19.0. The zero-order valence-electron chi connectivity index (χ0n) is 22.0. The third-order valence-corrected chi connectivity index (χ3v) is 6.76. The lowest BCUT2D eigenvalue weighted by molar-refractivity contribution is 0.102. The average Bonchev–Trinajstić information content (AvgIpc) is 3.61. The van der Waals surface area contributed by atoms with Crippen LogP contribution in [0.5, 0.6) is 11.5 Å². The maximum atomic E-state index is 13.3. The summed E-state index contributed by atoms with van der Waals surface area (Å²) < 4.78 is 16.6. The molecule has 0 bridgehead atoms. The molecule has 1 aliphatic rings. The molecule has 1 aromatic heterocycles. The number of carbonyl (C=O) groups is 1. The largest absolute Gasteiger partial charge is 0.497 e. The van der Waals surface area contributed by atoms with Crippen LogP contribution in [0.2, 0.25) is 0 Å². The molecule has 2 heterocycles. The first kappa shape index (κ1) is 25.5. The summed E-state index contributed by atoms with van der Waals surface area (Å²) in [7, 11) is 1.61. The number of hydrogen-bond donors (Lipinski definition) is 1. The first-order valence-corrected chi connectivity index (χ1v) is 12.9. The van der Waals surface area contributed by atoms with Crippen LogP contribution in [0.25, 0.3) is 22.5 Å². The number of amides is 1. The fraction of sp³-hybridized carbons (Fsp3) is 0.300. The number of aryl methyl sites for hydroxylation is 2. The Kier molecular flexibility index (Phi) is 7.70. The van der Waals surface area contributed by atoms with Gasteiger partial charge in [0.15, 0.2) is 0 Å². The molecule has 0 atom stereocenters. The predicted molar refractivity (Wildman–Crippen MR) is 147 cm³/mol. The lowest BCUT2D eigenvalue weighted by Crippen LogP contribution is -2.25. The highest BCUT2D eigenvalue weighted by Crippen LogP contribution is 2.32. The molecule has 1 fully saturated rings. The number of anilines is 1. The molecule has 8 heteroatoms. The van der Waals surface area contributed by atoms with Gasteiger partial charge in [0.1, 0.15) is 18.1 Å². The van der Waals surface area contributed by atoms with Gasteiger partial charge in [0.05, 0.1) is 12.7 Å². The van der Waals surface area contributed by atoms with Gasteiger partial charge in [0.2, 0.25) is 11.7 Å². The molecular formula is C30H32N4O4. The van der Waals surface area contributed by atoms with E-state index < -0.39 is 0 Å². The SMILES string of the molecule is COc1ccc(NC(=O)c2ccc(-c3ccc(-c4noc(C)n4)cc3C)cc2OCCN2CCCC2)cc1. The fourth-order valence-corrected chi connectivity index (χ4v) is 4.70. The van der Waals surface area contributed by atoms with Gasteiger partial charge in [-0.25, -0.2) is 0 Å². The highest BCUT2D eigenvalue weighted by molar-refractivity contribution is 6.06. The molecule has 5 rings (SSSR count). The number of carbonyl (C=O) groups excluding carboxylic acids is 1. The number of nitrogens with one attached hydrogen (secondary N) is 1. The summed E-state index contributed by atoms with van der Waals surface area (Å²) in [5.41, 5.74) is 5.13. The Morgan fingerprint density at radius 3 is 2.45 bits per heavy atom. The van der Waals surface area contributed by atoms with Gasteiger partial charge in [-0.3, -0.25) is 9.69 Å². The van der Waals surface area contributed by atoms with Crippen LogP contribution in [0.3, 0.4) is 0 Å². The number of likely N-dealkylation sites (tertiary alicyclic amines) is 1. The van der Waals surface area contributed by atoms with E-state index in [2.05, 4.69) is 20.4 Å². The highest BCUT2D eigenvalue weighted by Gasteiger charge is 2.17. The molecule has 38 heavy (non-hydrogen) atoms. The van der Waals surface area contributed by atoms with Gasteiger partial charge in [-0.1, -0.05) is 23.4 Å². The molecule has 0 saturated carbocycles. The van der Waals surface area contributed by atoms with Crippen molar-refractivity contribution in [1.82, 2.24) is 15.0 Å². The molecule has 3 aromatic carbocycles. The van der Waals surface area contributed by atoms with Crippen LogP contribution < -0.4 is 14.8 Å². The third kappa shape index (κ3) is 5.86. The van der Waals surface area contributed by atoms with E-state index in [-0.39, 0.29) is 5.91 Å². The summed E-state index contributed by atoms with van der Waals surface area (Å²) in [6.07, 6.45) is 2.45. The van der Waals surface area contributed by atoms with Crippen molar-refractivity contribution in [3.05, 3.63) is 77.7 Å². The van der Waals surface area contributed by atoms with Gasteiger partial charge in [0.25, 0.3) is 5.91 Å². The second-order valence-electron chi connectivity index (χ2n) is 9.46. The Bertz CT molecular complexity index is 1410. The van der Waals surface area contributed by atoms with Crippen molar-refractivity contribution in [3.63, 3.8) is 0 Å². The van der Waals surface area contributed by atoms with E-state index in [1.54, 1.807) is 14.0 Å². The van der Waals surface area contributed by atoms with Crippen LogP contribution >= 0.6 is 0 Å². The monoisotopic (exact) mass is 512 g/mol. The number of benzene rings is 3. The standard InChI is InChI=1S/C30H32N4O4/c1-20-18-23(29-31-21(2)38-33-29)7-12-26(20)22-6-13-27(28(19-22)37-17-16-34-14-4-5-15-34)30(35)32-24-8-10-25(36-3)11-9-24/h6-13,18-19H,4-5,14-17H2,1-3H3,(H,32,35). The second kappa shape index (κ2) is 11.5. The molecule has 1 saturated heterocycles. The lowest BCUT2D eigenvalue weighted by atomic mass is 9.96. The molecule has 1 amide bonds. The first-order valence-electron chi connectivity index (χ1n) is 12.9. The molecule has 1 aliphatic heterocycles. The molecule has 0 aliphatic carbocycles. The van der Waals surface area contributed by atoms with Crippen molar-refractivity contribution in [2.24, 2.45) is 0 Å². The minimum atomic E-state index is -0.225. The second-order valence-corrected chi connectivity index (χ2v) is 9.46. The normalized spacial score (nSPS) is 13.4. The number of hydrogen-bond acceptors (Lipinski definition) is 7. The quantitative estimate of drug-likeness (QED) is 0.305. The molecule has 1 N–H and O–H groups in total. The van der Waals surface area contributed by atoms with Crippen molar-refractivity contribution in [2.75, 3.05) is 38.7 Å². The molecule has 0 radical (unpaired) electrons. The van der Waals surface area contributed by atoms with E-state index in [4.69, 9.17) is 14.0 Å². The summed E-state index contributed by atoms with van der Waals surface area (Å²) in [5.74, 6) is 2.16. The van der Waals surface area contributed by atoms with Crippen LogP contribution in [0, 0.1) is 13.8 Å². The first-order chi connectivity index (χ1) is 18.5. The Morgan fingerprint density at radius 2 is 1.76 bits per heavy atom. The zero-order chi connectivity index (χ0) is 26.5. The van der Waals surface area contributed by atoms with Gasteiger partial charge in [0, 0.05) is 24.7 Å². The maximum Gasteiger partial charge on any atom is 0.259 e. The smallest absolute Gasteiger partial charge is 0.259 e. The van der Waals surface area contributed by atoms with Crippen LogP contribution in [0.4, 0.5) is 5.69 Å². The molecule has 196 valence electrons. The van der Waals surface area contributed by atoms with Crippen molar-refractivity contribution >= 4 is 11.6 Å². The van der Waals surface area contributed by atoms with E-state index in [1.165, 1.54) is 12.8 Å². The predicted octanol–water partition coefficient (Wildman–Crippen LogP) is 5.76. The summed E-state index contributed by atoms with van der Waals surface area (Å²) in [4.78, 5) is 20.0. The van der Waals surface area contributed by atoms with E-state index in [9.17, 15) is 4.79 Å². The van der Waals surface area contributed by atoms with Crippen LogP contribution in [0.15, 0.2) is 65.2 Å². The number of ether oxygens (including phenoxy) is 2. The fourth-order valence-electron chi connectivity index (χ4n) is 4.70. The maximum absolute atomic E-state index is 13.3. The Hall–Kier alpha value is -4.17. The van der Waals surface area contributed by atoms with Crippen molar-refractivity contribution < 1.29 is 18.8 Å². The van der Waals surface area contributed by atoms with Crippen LogP contribution in [-0.4, -0.2) is 54.3 Å². The molecule has 0 unspecified atom stereocenters. The number of aromatic nitrogens is 2. The third-order valence-electron chi connectivity index (χ3n) is 6.76. The average molecular weight is 513 g/mol. The van der Waals surface area contributed by atoms with Crippen LogP contribution in [-0.2, 0) is 0 Å². The highest BCUT2D eigenvalue weighted by atomic mass is 16.5. The lowest BCUT2D eigenvalue weighted by Gasteiger charge is -2.18. The Morgan fingerprint density at radius 1 is 1.00 bits per heavy atom. The summed E-state index contributed by atoms with van der Waals surface area (Å²) in [5, 5.41) is 7.00. The number of rotatable bonds is 9. The zero-order valence-corrected chi connectivity index (χ0v) is 22.0. The van der Waals surface area contributed by atoms with Crippen molar-refractivity contribution in [2.45, 2.75) is 26.7 Å². The number of nitrogens with zero attached hydrogens (tertiary/aromatic N) is 3. The van der Waals surface area contributed by atoms with E-state index in [0.717, 1.165) is 47.6 Å². The van der Waals surface area contributed by atoms with Gasteiger partial charge >= 0.3 is 0 Å². The van der Waals surface area contributed by atoms with E-state index in [1.807, 2.05) is 67.6 Å². The Balaban J connectivity index is 1.40. The Labute approximate surface area is 222 Å². The number of methoxy groups -OCH3 is 1. The minimum Gasteiger partial charge on any atom is -0.497 e. The van der Waals surface area contributed by atoms with Gasteiger partial charge in [-0.05, 0) is 92.0 Å².